The van der Waals surface area contributed by atoms with Crippen LogP contribution in [0.15, 0.2) is 47.4 Å². The molecular weight excluding hydrogens is 423 g/mol. The normalized spacial score (nSPS) is 11.4. The first-order valence-electron chi connectivity index (χ1n) is 9.78. The highest BCUT2D eigenvalue weighted by Crippen LogP contribution is 2.28. The summed E-state index contributed by atoms with van der Waals surface area (Å²) in [6, 6.07) is 10.3. The van der Waals surface area contributed by atoms with Crippen molar-refractivity contribution in [2.24, 2.45) is 0 Å². The largest absolute Gasteiger partial charge is 0.405 e. The Morgan fingerprint density at radius 2 is 2.00 bits per heavy atom. The lowest BCUT2D eigenvalue weighted by Crippen LogP contribution is -2.37. The average Bonchev–Trinajstić information content (AvgIpc) is 2.75. The number of halogens is 3. The highest BCUT2D eigenvalue weighted by atomic mass is 19.4. The van der Waals surface area contributed by atoms with E-state index >= 15 is 0 Å². The molecule has 0 aliphatic rings. The minimum Gasteiger partial charge on any atom is -0.398 e. The second-order valence-electron chi connectivity index (χ2n) is 7.17. The molecule has 3 aromatic rings. The summed E-state index contributed by atoms with van der Waals surface area (Å²) in [6.45, 7) is -0.0736. The summed E-state index contributed by atoms with van der Waals surface area (Å²) in [5, 5.41) is 13.4. The number of carbonyl (C=O) groups is 1. The lowest BCUT2D eigenvalue weighted by atomic mass is 10.0. The molecule has 0 saturated carbocycles. The number of rotatable bonds is 7. The van der Waals surface area contributed by atoms with Gasteiger partial charge >= 0.3 is 6.18 Å². The number of alkyl halides is 3. The molecule has 0 radical (unpaired) electrons. The second-order valence-corrected chi connectivity index (χ2v) is 7.17. The third-order valence-corrected chi connectivity index (χ3v) is 4.92. The molecule has 3 rings (SSSR count). The van der Waals surface area contributed by atoms with Gasteiger partial charge in [0.25, 0.3) is 5.56 Å². The summed E-state index contributed by atoms with van der Waals surface area (Å²) < 4.78 is 38.0. The Morgan fingerprint density at radius 3 is 2.66 bits per heavy atom. The lowest BCUT2D eigenvalue weighted by Gasteiger charge is -2.15. The number of benzene rings is 2. The van der Waals surface area contributed by atoms with Crippen LogP contribution in [-0.4, -0.2) is 29.4 Å². The van der Waals surface area contributed by atoms with Crippen LogP contribution in [-0.2, 0) is 17.8 Å². The number of nitrogen functional groups attached to an aromatic ring is 1. The van der Waals surface area contributed by atoms with Crippen molar-refractivity contribution in [3.8, 4) is 0 Å². The average molecular weight is 445 g/mol. The summed E-state index contributed by atoms with van der Waals surface area (Å²) in [4.78, 5) is 24.9. The van der Waals surface area contributed by atoms with E-state index in [0.29, 0.717) is 34.4 Å². The van der Waals surface area contributed by atoms with Crippen LogP contribution in [0, 0.1) is 5.41 Å². The standard InChI is InChI=1S/C22H22F3N5O2/c1-2-13-8-16(9-15(10-26)20(13)27)29-17-5-3-4-14-6-7-30(21(32)19(14)17)11-18(31)28-12-22(23,24)25/h3-10,26,29H,2,11-12,27H2,1H3,(H,28,31). The molecular formula is C22H22F3N5O2. The summed E-state index contributed by atoms with van der Waals surface area (Å²) in [5.74, 6) is -0.920. The van der Waals surface area contributed by atoms with Gasteiger partial charge in [0.2, 0.25) is 5.91 Å². The van der Waals surface area contributed by atoms with Crippen molar-refractivity contribution in [3.05, 3.63) is 64.1 Å². The fourth-order valence-electron chi connectivity index (χ4n) is 3.34. The first kappa shape index (κ1) is 22.9. The van der Waals surface area contributed by atoms with E-state index in [2.05, 4.69) is 5.32 Å². The number of fused-ring (bicyclic) bond motifs is 1. The SMILES string of the molecule is CCc1cc(Nc2cccc3ccn(CC(=O)NCC(F)(F)F)c(=O)c23)cc(C=N)c1N. The predicted molar refractivity (Wildman–Crippen MR) is 119 cm³/mol. The highest BCUT2D eigenvalue weighted by molar-refractivity contribution is 5.96. The van der Waals surface area contributed by atoms with Crippen LogP contribution in [0.3, 0.4) is 0 Å². The van der Waals surface area contributed by atoms with E-state index in [1.165, 1.54) is 6.20 Å². The lowest BCUT2D eigenvalue weighted by molar-refractivity contribution is -0.138. The quantitative estimate of drug-likeness (QED) is 0.329. The van der Waals surface area contributed by atoms with Gasteiger partial charge in [0, 0.05) is 29.3 Å². The van der Waals surface area contributed by atoms with E-state index in [1.54, 1.807) is 35.6 Å². The molecule has 0 spiro atoms. The molecule has 1 heterocycles. The van der Waals surface area contributed by atoms with E-state index in [1.807, 2.05) is 13.0 Å². The first-order chi connectivity index (χ1) is 15.1. The van der Waals surface area contributed by atoms with Crippen LogP contribution in [0.1, 0.15) is 18.1 Å². The molecule has 10 heteroatoms. The van der Waals surface area contributed by atoms with E-state index in [0.717, 1.165) is 16.3 Å². The zero-order chi connectivity index (χ0) is 23.5. The number of carbonyl (C=O) groups excluding carboxylic acids is 1. The maximum Gasteiger partial charge on any atom is 0.405 e. The maximum atomic E-state index is 13.0. The number of nitrogens with zero attached hydrogens (tertiary/aromatic N) is 1. The molecule has 1 amide bonds. The van der Waals surface area contributed by atoms with E-state index in [9.17, 15) is 22.8 Å². The van der Waals surface area contributed by atoms with Gasteiger partial charge in [-0.15, -0.1) is 0 Å². The minimum absolute atomic E-state index is 0.282. The molecule has 0 aliphatic carbocycles. The number of aromatic nitrogens is 1. The molecule has 2 aromatic carbocycles. The minimum atomic E-state index is -4.53. The number of hydrogen-bond acceptors (Lipinski definition) is 5. The molecule has 0 unspecified atom stereocenters. The summed E-state index contributed by atoms with van der Waals surface area (Å²) >= 11 is 0. The van der Waals surface area contributed by atoms with Crippen LogP contribution in [0.5, 0.6) is 0 Å². The smallest absolute Gasteiger partial charge is 0.398 e. The Labute approximate surface area is 181 Å². The van der Waals surface area contributed by atoms with Crippen molar-refractivity contribution in [3.63, 3.8) is 0 Å². The molecule has 32 heavy (non-hydrogen) atoms. The van der Waals surface area contributed by atoms with Crippen LogP contribution >= 0.6 is 0 Å². The van der Waals surface area contributed by atoms with Gasteiger partial charge in [-0.2, -0.15) is 13.2 Å². The molecule has 168 valence electrons. The van der Waals surface area contributed by atoms with Crippen molar-refractivity contribution in [1.29, 1.82) is 5.41 Å². The number of amides is 1. The molecule has 5 N–H and O–H groups in total. The van der Waals surface area contributed by atoms with Crippen molar-refractivity contribution in [2.45, 2.75) is 26.1 Å². The summed E-state index contributed by atoms with van der Waals surface area (Å²) in [7, 11) is 0. The molecule has 0 bridgehead atoms. The van der Waals surface area contributed by atoms with Gasteiger partial charge in [-0.3, -0.25) is 9.59 Å². The van der Waals surface area contributed by atoms with Crippen LogP contribution in [0.4, 0.5) is 30.2 Å². The van der Waals surface area contributed by atoms with E-state index < -0.39 is 30.7 Å². The number of anilines is 3. The van der Waals surface area contributed by atoms with Gasteiger partial charge in [-0.05, 0) is 41.6 Å². The van der Waals surface area contributed by atoms with Crippen LogP contribution in [0.25, 0.3) is 10.8 Å². The Hall–Kier alpha value is -3.82. The Bertz CT molecular complexity index is 1230. The zero-order valence-corrected chi connectivity index (χ0v) is 17.2. The molecule has 0 fully saturated rings. The zero-order valence-electron chi connectivity index (χ0n) is 17.2. The van der Waals surface area contributed by atoms with Crippen molar-refractivity contribution >= 4 is 40.0 Å². The fraction of sp³-hybridized carbons (Fsp3) is 0.227. The molecule has 0 atom stereocenters. The van der Waals surface area contributed by atoms with Crippen LogP contribution < -0.4 is 21.9 Å². The summed E-state index contributed by atoms with van der Waals surface area (Å²) in [5.41, 5.74) is 8.51. The van der Waals surface area contributed by atoms with Crippen molar-refractivity contribution in [1.82, 2.24) is 9.88 Å². The maximum absolute atomic E-state index is 13.0. The highest BCUT2D eigenvalue weighted by Gasteiger charge is 2.27. The van der Waals surface area contributed by atoms with E-state index in [-0.39, 0.29) is 5.39 Å². The number of nitrogens with two attached hydrogens (primary N) is 1. The topological polar surface area (TPSA) is 113 Å². The van der Waals surface area contributed by atoms with Gasteiger partial charge in [0.1, 0.15) is 13.1 Å². The summed E-state index contributed by atoms with van der Waals surface area (Å²) in [6.07, 6.45) is -1.37. The number of nitrogens with one attached hydrogen (secondary N) is 3. The Kier molecular flexibility index (Phi) is 6.52. The monoisotopic (exact) mass is 445 g/mol. The third kappa shape index (κ3) is 5.08. The predicted octanol–water partition coefficient (Wildman–Crippen LogP) is 3.57. The van der Waals surface area contributed by atoms with Gasteiger partial charge in [0.15, 0.2) is 0 Å². The van der Waals surface area contributed by atoms with Gasteiger partial charge in [-0.1, -0.05) is 19.1 Å². The van der Waals surface area contributed by atoms with Crippen molar-refractivity contribution in [2.75, 3.05) is 17.6 Å². The first-order valence-corrected chi connectivity index (χ1v) is 9.78. The third-order valence-electron chi connectivity index (χ3n) is 4.92. The Morgan fingerprint density at radius 1 is 1.25 bits per heavy atom. The molecule has 1 aromatic heterocycles. The Balaban J connectivity index is 1.97. The molecule has 0 aliphatic heterocycles. The van der Waals surface area contributed by atoms with E-state index in [4.69, 9.17) is 11.1 Å². The number of aryl methyl sites for hydroxylation is 1. The van der Waals surface area contributed by atoms with Crippen LogP contribution in [0.2, 0.25) is 0 Å². The van der Waals surface area contributed by atoms with Crippen molar-refractivity contribution < 1.29 is 18.0 Å². The number of pyridine rings is 1. The molecule has 7 nitrogen and oxygen atoms in total. The second kappa shape index (κ2) is 9.13. The fourth-order valence-corrected chi connectivity index (χ4v) is 3.34. The number of hydrogen-bond donors (Lipinski definition) is 4. The van der Waals surface area contributed by atoms with Gasteiger partial charge in [0.05, 0.1) is 11.1 Å². The van der Waals surface area contributed by atoms with Gasteiger partial charge in [-0.25, -0.2) is 0 Å². The van der Waals surface area contributed by atoms with Gasteiger partial charge < -0.3 is 26.3 Å². The molecule has 0 saturated heterocycles.